The number of halogens is 1. The first kappa shape index (κ1) is 10.9. The van der Waals surface area contributed by atoms with E-state index in [0.29, 0.717) is 6.42 Å². The SMILES string of the molecule is Cc1ccc(-n2ccc(CC#N)n2)cc1Br. The summed E-state index contributed by atoms with van der Waals surface area (Å²) in [6.45, 7) is 2.04. The summed E-state index contributed by atoms with van der Waals surface area (Å²) in [5.41, 5.74) is 2.97. The van der Waals surface area contributed by atoms with Crippen molar-refractivity contribution in [1.82, 2.24) is 9.78 Å². The Hall–Kier alpha value is -1.60. The van der Waals surface area contributed by atoms with Crippen molar-refractivity contribution in [2.24, 2.45) is 0 Å². The summed E-state index contributed by atoms with van der Waals surface area (Å²) in [5.74, 6) is 0. The van der Waals surface area contributed by atoms with E-state index in [2.05, 4.69) is 27.1 Å². The molecule has 16 heavy (non-hydrogen) atoms. The molecule has 0 bridgehead atoms. The Morgan fingerprint density at radius 3 is 2.94 bits per heavy atom. The van der Waals surface area contributed by atoms with Gasteiger partial charge in [0.25, 0.3) is 0 Å². The Kier molecular flexibility index (Phi) is 3.07. The van der Waals surface area contributed by atoms with E-state index in [9.17, 15) is 0 Å². The first-order chi connectivity index (χ1) is 7.70. The van der Waals surface area contributed by atoms with Gasteiger partial charge in [0.2, 0.25) is 0 Å². The van der Waals surface area contributed by atoms with Gasteiger partial charge in [-0.3, -0.25) is 0 Å². The zero-order valence-electron chi connectivity index (χ0n) is 8.81. The highest BCUT2D eigenvalue weighted by atomic mass is 79.9. The second-order valence-electron chi connectivity index (χ2n) is 3.52. The maximum Gasteiger partial charge on any atom is 0.0793 e. The standard InChI is InChI=1S/C12H10BrN3/c1-9-2-3-11(8-12(9)13)16-7-5-10(15-16)4-6-14/h2-3,5,7-8H,4H2,1H3. The highest BCUT2D eigenvalue weighted by Crippen LogP contribution is 2.19. The maximum atomic E-state index is 8.57. The van der Waals surface area contributed by atoms with Crippen LogP contribution in [-0.4, -0.2) is 9.78 Å². The third-order valence-electron chi connectivity index (χ3n) is 2.32. The molecule has 0 aliphatic rings. The van der Waals surface area contributed by atoms with Crippen LogP contribution < -0.4 is 0 Å². The van der Waals surface area contributed by atoms with Crippen molar-refractivity contribution >= 4 is 15.9 Å². The molecule has 2 rings (SSSR count). The van der Waals surface area contributed by atoms with Gasteiger partial charge in [-0.25, -0.2) is 4.68 Å². The van der Waals surface area contributed by atoms with Crippen molar-refractivity contribution in [2.45, 2.75) is 13.3 Å². The molecule has 0 saturated carbocycles. The van der Waals surface area contributed by atoms with Gasteiger partial charge in [-0.15, -0.1) is 0 Å². The molecule has 0 radical (unpaired) electrons. The number of benzene rings is 1. The normalized spacial score (nSPS) is 10.1. The van der Waals surface area contributed by atoms with Gasteiger partial charge in [0.05, 0.1) is 23.9 Å². The Morgan fingerprint density at radius 1 is 1.44 bits per heavy atom. The van der Waals surface area contributed by atoms with Gasteiger partial charge >= 0.3 is 0 Å². The molecule has 0 atom stereocenters. The average Bonchev–Trinajstić information content (AvgIpc) is 2.71. The number of aryl methyl sites for hydroxylation is 1. The van der Waals surface area contributed by atoms with E-state index in [0.717, 1.165) is 15.9 Å². The van der Waals surface area contributed by atoms with Crippen molar-refractivity contribution in [2.75, 3.05) is 0 Å². The van der Waals surface area contributed by atoms with Crippen molar-refractivity contribution in [1.29, 1.82) is 5.26 Å². The lowest BCUT2D eigenvalue weighted by atomic mass is 10.2. The Morgan fingerprint density at radius 2 is 2.25 bits per heavy atom. The summed E-state index contributed by atoms with van der Waals surface area (Å²) in [6, 6.07) is 9.99. The van der Waals surface area contributed by atoms with Crippen LogP contribution in [0.1, 0.15) is 11.3 Å². The highest BCUT2D eigenvalue weighted by Gasteiger charge is 2.02. The quantitative estimate of drug-likeness (QED) is 0.846. The highest BCUT2D eigenvalue weighted by molar-refractivity contribution is 9.10. The maximum absolute atomic E-state index is 8.57. The Bertz CT molecular complexity index is 552. The van der Waals surface area contributed by atoms with Crippen molar-refractivity contribution < 1.29 is 0 Å². The molecule has 0 aliphatic heterocycles. The number of hydrogen-bond acceptors (Lipinski definition) is 2. The van der Waals surface area contributed by atoms with E-state index in [1.54, 1.807) is 4.68 Å². The molecule has 1 heterocycles. The summed E-state index contributed by atoms with van der Waals surface area (Å²) in [7, 11) is 0. The molecule has 0 aliphatic carbocycles. The zero-order valence-corrected chi connectivity index (χ0v) is 10.4. The molecule has 4 heteroatoms. The molecular formula is C12H10BrN3. The first-order valence-corrected chi connectivity index (χ1v) is 5.68. The fourth-order valence-corrected chi connectivity index (χ4v) is 1.77. The molecule has 1 aromatic heterocycles. The topological polar surface area (TPSA) is 41.6 Å². The lowest BCUT2D eigenvalue weighted by molar-refractivity contribution is 0.852. The van der Waals surface area contributed by atoms with Crippen LogP contribution in [0.5, 0.6) is 0 Å². The molecule has 3 nitrogen and oxygen atoms in total. The van der Waals surface area contributed by atoms with Crippen LogP contribution in [0.2, 0.25) is 0 Å². The van der Waals surface area contributed by atoms with E-state index in [1.165, 1.54) is 5.56 Å². The first-order valence-electron chi connectivity index (χ1n) is 4.89. The molecule has 80 valence electrons. The van der Waals surface area contributed by atoms with E-state index in [1.807, 2.05) is 37.4 Å². The smallest absolute Gasteiger partial charge is 0.0793 e. The van der Waals surface area contributed by atoms with Crippen LogP contribution in [0.25, 0.3) is 5.69 Å². The number of rotatable bonds is 2. The van der Waals surface area contributed by atoms with Crippen LogP contribution in [-0.2, 0) is 6.42 Å². The summed E-state index contributed by atoms with van der Waals surface area (Å²) in [4.78, 5) is 0. The van der Waals surface area contributed by atoms with Gasteiger partial charge in [-0.1, -0.05) is 22.0 Å². The molecule has 0 amide bonds. The molecule has 1 aromatic carbocycles. The van der Waals surface area contributed by atoms with Crippen LogP contribution in [0, 0.1) is 18.3 Å². The molecule has 0 unspecified atom stereocenters. The number of nitriles is 1. The van der Waals surface area contributed by atoms with E-state index < -0.39 is 0 Å². The second kappa shape index (κ2) is 4.50. The van der Waals surface area contributed by atoms with Gasteiger partial charge in [0.15, 0.2) is 0 Å². The predicted octanol–water partition coefficient (Wildman–Crippen LogP) is 3.01. The average molecular weight is 276 g/mol. The van der Waals surface area contributed by atoms with E-state index in [4.69, 9.17) is 5.26 Å². The van der Waals surface area contributed by atoms with Gasteiger partial charge in [-0.05, 0) is 30.7 Å². The second-order valence-corrected chi connectivity index (χ2v) is 4.37. The molecule has 0 saturated heterocycles. The van der Waals surface area contributed by atoms with Crippen molar-refractivity contribution in [3.63, 3.8) is 0 Å². The fraction of sp³-hybridized carbons (Fsp3) is 0.167. The summed E-state index contributed by atoms with van der Waals surface area (Å²) >= 11 is 3.49. The Labute approximate surface area is 102 Å². The molecule has 0 N–H and O–H groups in total. The summed E-state index contributed by atoms with van der Waals surface area (Å²) in [5, 5.41) is 12.9. The van der Waals surface area contributed by atoms with Crippen LogP contribution in [0.4, 0.5) is 0 Å². The Balaban J connectivity index is 2.36. The zero-order chi connectivity index (χ0) is 11.5. The number of nitrogens with zero attached hydrogens (tertiary/aromatic N) is 3. The molecule has 2 aromatic rings. The van der Waals surface area contributed by atoms with Crippen molar-refractivity contribution in [3.05, 3.63) is 46.2 Å². The van der Waals surface area contributed by atoms with Crippen LogP contribution >= 0.6 is 15.9 Å². The number of aromatic nitrogens is 2. The van der Waals surface area contributed by atoms with Crippen LogP contribution in [0.3, 0.4) is 0 Å². The van der Waals surface area contributed by atoms with Crippen LogP contribution in [0.15, 0.2) is 34.9 Å². The molecule has 0 fully saturated rings. The predicted molar refractivity (Wildman–Crippen MR) is 65.3 cm³/mol. The van der Waals surface area contributed by atoms with E-state index in [-0.39, 0.29) is 0 Å². The van der Waals surface area contributed by atoms with E-state index >= 15 is 0 Å². The van der Waals surface area contributed by atoms with Gasteiger partial charge in [-0.2, -0.15) is 10.4 Å². The molecule has 0 spiro atoms. The summed E-state index contributed by atoms with van der Waals surface area (Å²) in [6.07, 6.45) is 2.21. The van der Waals surface area contributed by atoms with Gasteiger partial charge in [0, 0.05) is 10.7 Å². The van der Waals surface area contributed by atoms with Gasteiger partial charge in [0.1, 0.15) is 0 Å². The minimum atomic E-state index is 0.347. The fourth-order valence-electron chi connectivity index (χ4n) is 1.41. The molecular weight excluding hydrogens is 266 g/mol. The summed E-state index contributed by atoms with van der Waals surface area (Å²) < 4.78 is 2.83. The lowest BCUT2D eigenvalue weighted by Crippen LogP contribution is -1.96. The largest absolute Gasteiger partial charge is 0.241 e. The van der Waals surface area contributed by atoms with Crippen molar-refractivity contribution in [3.8, 4) is 11.8 Å². The minimum absolute atomic E-state index is 0.347. The third-order valence-corrected chi connectivity index (χ3v) is 3.18. The lowest BCUT2D eigenvalue weighted by Gasteiger charge is -2.03. The third kappa shape index (κ3) is 2.15. The van der Waals surface area contributed by atoms with Gasteiger partial charge < -0.3 is 0 Å². The monoisotopic (exact) mass is 275 g/mol. The minimum Gasteiger partial charge on any atom is -0.241 e. The number of hydrogen-bond donors (Lipinski definition) is 0.